The van der Waals surface area contributed by atoms with Gasteiger partial charge in [-0.25, -0.2) is 4.39 Å². The Balaban J connectivity index is 1.77. The Hall–Kier alpha value is -3.71. The molecule has 1 amide bonds. The zero-order valence-corrected chi connectivity index (χ0v) is 18.4. The number of nitrogens with zero attached hydrogens (tertiary/aromatic N) is 2. The number of hydrogen-bond acceptors (Lipinski definition) is 5. The van der Waals surface area contributed by atoms with Gasteiger partial charge < -0.3 is 14.7 Å². The summed E-state index contributed by atoms with van der Waals surface area (Å²) in [5.41, 5.74) is 1.47. The first-order valence-corrected chi connectivity index (χ1v) is 10.6. The summed E-state index contributed by atoms with van der Waals surface area (Å²) in [5.74, 6) is -1.93. The van der Waals surface area contributed by atoms with Crippen molar-refractivity contribution in [2.75, 3.05) is 13.7 Å². The number of carbonyl (C=O) groups is 2. The van der Waals surface area contributed by atoms with Gasteiger partial charge in [-0.2, -0.15) is 0 Å². The molecule has 1 aliphatic rings. The Kier molecular flexibility index (Phi) is 6.42. The number of ketones is 1. The lowest BCUT2D eigenvalue weighted by atomic mass is 9.98. The molecule has 1 unspecified atom stereocenters. The Bertz CT molecular complexity index is 1230. The molecule has 0 aliphatic carbocycles. The van der Waals surface area contributed by atoms with Crippen LogP contribution >= 0.6 is 11.6 Å². The molecule has 1 atom stereocenters. The third-order valence-corrected chi connectivity index (χ3v) is 5.80. The van der Waals surface area contributed by atoms with E-state index in [2.05, 4.69) is 4.98 Å². The summed E-state index contributed by atoms with van der Waals surface area (Å²) >= 11 is 6.08. The van der Waals surface area contributed by atoms with E-state index in [1.807, 2.05) is 0 Å². The average Bonchev–Trinajstić information content (AvgIpc) is 3.09. The first-order valence-electron chi connectivity index (χ1n) is 10.2. The molecule has 1 fully saturated rings. The molecule has 168 valence electrons. The summed E-state index contributed by atoms with van der Waals surface area (Å²) in [4.78, 5) is 31.7. The highest BCUT2D eigenvalue weighted by molar-refractivity contribution is 6.46. The van der Waals surface area contributed by atoms with Gasteiger partial charge in [0.05, 0.1) is 23.4 Å². The average molecular weight is 467 g/mol. The highest BCUT2D eigenvalue weighted by atomic mass is 35.5. The second-order valence-electron chi connectivity index (χ2n) is 7.47. The van der Waals surface area contributed by atoms with Crippen molar-refractivity contribution >= 4 is 29.1 Å². The summed E-state index contributed by atoms with van der Waals surface area (Å²) in [7, 11) is 1.44. The number of ether oxygens (including phenoxy) is 1. The second kappa shape index (κ2) is 9.42. The normalized spacial score (nSPS) is 17.4. The maximum atomic E-state index is 13.2. The molecule has 1 N–H and O–H groups in total. The maximum absolute atomic E-state index is 13.2. The monoisotopic (exact) mass is 466 g/mol. The Morgan fingerprint density at radius 1 is 1.15 bits per heavy atom. The number of hydrogen-bond donors (Lipinski definition) is 1. The van der Waals surface area contributed by atoms with Gasteiger partial charge >= 0.3 is 0 Å². The number of rotatable bonds is 6. The third-order valence-electron chi connectivity index (χ3n) is 5.49. The highest BCUT2D eigenvalue weighted by Gasteiger charge is 2.46. The predicted molar refractivity (Wildman–Crippen MR) is 121 cm³/mol. The van der Waals surface area contributed by atoms with Gasteiger partial charge in [0.2, 0.25) is 0 Å². The second-order valence-corrected chi connectivity index (χ2v) is 7.88. The third kappa shape index (κ3) is 4.45. The van der Waals surface area contributed by atoms with Gasteiger partial charge in [-0.1, -0.05) is 29.8 Å². The van der Waals surface area contributed by atoms with Crippen LogP contribution < -0.4 is 4.74 Å². The van der Waals surface area contributed by atoms with Crippen molar-refractivity contribution in [2.24, 2.45) is 0 Å². The summed E-state index contributed by atoms with van der Waals surface area (Å²) in [6.45, 7) is 0.179. The minimum atomic E-state index is -0.881. The van der Waals surface area contributed by atoms with E-state index in [1.54, 1.807) is 42.6 Å². The number of methoxy groups -OCH3 is 1. The van der Waals surface area contributed by atoms with Gasteiger partial charge in [-0.3, -0.25) is 14.6 Å². The largest absolute Gasteiger partial charge is 0.507 e. The van der Waals surface area contributed by atoms with Crippen LogP contribution in [0.4, 0.5) is 4.39 Å². The highest BCUT2D eigenvalue weighted by Crippen LogP contribution is 2.39. The Labute approximate surface area is 194 Å². The first-order chi connectivity index (χ1) is 15.9. The molecule has 1 aliphatic heterocycles. The maximum Gasteiger partial charge on any atom is 0.295 e. The fourth-order valence-corrected chi connectivity index (χ4v) is 4.01. The zero-order valence-electron chi connectivity index (χ0n) is 17.7. The minimum Gasteiger partial charge on any atom is -0.507 e. The fraction of sp³-hybridized carbons (Fsp3) is 0.160. The molecule has 1 aromatic heterocycles. The van der Waals surface area contributed by atoms with Gasteiger partial charge in [-0.05, 0) is 54.4 Å². The number of benzene rings is 2. The quantitative estimate of drug-likeness (QED) is 0.327. The van der Waals surface area contributed by atoms with Crippen molar-refractivity contribution in [3.8, 4) is 5.75 Å². The van der Waals surface area contributed by atoms with E-state index in [9.17, 15) is 19.1 Å². The van der Waals surface area contributed by atoms with Gasteiger partial charge in [0, 0.05) is 18.3 Å². The van der Waals surface area contributed by atoms with Crippen LogP contribution in [-0.4, -0.2) is 40.3 Å². The number of aliphatic hydroxyl groups excluding tert-OH is 1. The SMILES string of the molecule is COc1cc(/C(O)=C2/C(=O)C(=O)N(CCc3ccc(F)cc3)C2c2ccccn2)ccc1Cl. The molecule has 2 aromatic carbocycles. The fourth-order valence-electron chi connectivity index (χ4n) is 3.82. The molecule has 6 nitrogen and oxygen atoms in total. The van der Waals surface area contributed by atoms with E-state index in [1.165, 1.54) is 36.3 Å². The van der Waals surface area contributed by atoms with Crippen molar-refractivity contribution in [1.82, 2.24) is 9.88 Å². The number of Topliss-reactive ketones (excluding diaryl/α,β-unsaturated/α-hetero) is 1. The molecule has 2 heterocycles. The summed E-state index contributed by atoms with van der Waals surface area (Å²) in [6.07, 6.45) is 1.95. The van der Waals surface area contributed by atoms with E-state index in [0.717, 1.165) is 5.56 Å². The standard InChI is InChI=1S/C25H20ClFN2O4/c1-33-20-14-16(7-10-18(20)26)23(30)21-22(19-4-2-3-12-28-19)29(25(32)24(21)31)13-11-15-5-8-17(27)9-6-15/h2-10,12,14,22,30H,11,13H2,1H3/b23-21-. The molecule has 0 radical (unpaired) electrons. The van der Waals surface area contributed by atoms with Gasteiger partial charge in [-0.15, -0.1) is 0 Å². The molecule has 0 bridgehead atoms. The number of amides is 1. The molecule has 0 saturated carbocycles. The van der Waals surface area contributed by atoms with Gasteiger partial charge in [0.1, 0.15) is 23.4 Å². The van der Waals surface area contributed by atoms with E-state index in [-0.39, 0.29) is 29.3 Å². The Morgan fingerprint density at radius 2 is 1.91 bits per heavy atom. The summed E-state index contributed by atoms with van der Waals surface area (Å²) in [5, 5.41) is 11.4. The first kappa shape index (κ1) is 22.5. The lowest BCUT2D eigenvalue weighted by Gasteiger charge is -2.24. The van der Waals surface area contributed by atoms with Gasteiger partial charge in [0.15, 0.2) is 0 Å². The van der Waals surface area contributed by atoms with Crippen LogP contribution in [0.1, 0.15) is 22.9 Å². The van der Waals surface area contributed by atoms with Crippen LogP contribution in [0, 0.1) is 5.82 Å². The minimum absolute atomic E-state index is 0.0674. The summed E-state index contributed by atoms with van der Waals surface area (Å²) < 4.78 is 18.4. The topological polar surface area (TPSA) is 79.7 Å². The van der Waals surface area contributed by atoms with Crippen LogP contribution in [-0.2, 0) is 16.0 Å². The molecule has 8 heteroatoms. The van der Waals surface area contributed by atoms with E-state index in [0.29, 0.717) is 22.9 Å². The molecular formula is C25H20ClFN2O4. The predicted octanol–water partition coefficient (Wildman–Crippen LogP) is 4.55. The van der Waals surface area contributed by atoms with Crippen molar-refractivity contribution < 1.29 is 23.8 Å². The van der Waals surface area contributed by atoms with E-state index in [4.69, 9.17) is 16.3 Å². The molecule has 3 aromatic rings. The number of likely N-dealkylation sites (tertiary alicyclic amines) is 1. The van der Waals surface area contributed by atoms with Crippen LogP contribution in [0.15, 0.2) is 72.4 Å². The van der Waals surface area contributed by atoms with E-state index >= 15 is 0 Å². The van der Waals surface area contributed by atoms with E-state index < -0.39 is 17.7 Å². The van der Waals surface area contributed by atoms with Crippen LogP contribution in [0.3, 0.4) is 0 Å². The van der Waals surface area contributed by atoms with Crippen LogP contribution in [0.25, 0.3) is 5.76 Å². The van der Waals surface area contributed by atoms with Crippen molar-refractivity contribution in [1.29, 1.82) is 0 Å². The lowest BCUT2D eigenvalue weighted by molar-refractivity contribution is -0.139. The van der Waals surface area contributed by atoms with Gasteiger partial charge in [0.25, 0.3) is 11.7 Å². The van der Waals surface area contributed by atoms with Crippen LogP contribution in [0.2, 0.25) is 5.02 Å². The van der Waals surface area contributed by atoms with Crippen molar-refractivity contribution in [2.45, 2.75) is 12.5 Å². The molecule has 33 heavy (non-hydrogen) atoms. The Morgan fingerprint density at radius 3 is 2.58 bits per heavy atom. The number of aromatic nitrogens is 1. The molecule has 1 saturated heterocycles. The lowest BCUT2D eigenvalue weighted by Crippen LogP contribution is -2.32. The molecule has 4 rings (SSSR count). The summed E-state index contributed by atoms with van der Waals surface area (Å²) in [6, 6.07) is 14.8. The van der Waals surface area contributed by atoms with Crippen LogP contribution in [0.5, 0.6) is 5.75 Å². The smallest absolute Gasteiger partial charge is 0.295 e. The molecule has 0 spiro atoms. The van der Waals surface area contributed by atoms with Crippen molar-refractivity contribution in [3.63, 3.8) is 0 Å². The number of aliphatic hydroxyl groups is 1. The van der Waals surface area contributed by atoms with Crippen molar-refractivity contribution in [3.05, 3.63) is 100 Å². The molecular weight excluding hydrogens is 447 g/mol. The number of pyridine rings is 1. The zero-order chi connectivity index (χ0) is 23.5. The number of carbonyl (C=O) groups excluding carboxylic acids is 2. The number of halogens is 2.